The molecule has 0 fully saturated rings. The molecule has 0 atom stereocenters. The Morgan fingerprint density at radius 1 is 0.647 bits per heavy atom. The number of carbonyl (C=O) groups excluding carboxylic acids is 2. The number of hydrogen-bond acceptors (Lipinski definition) is 14. The van der Waals surface area contributed by atoms with E-state index < -0.39 is 45.6 Å². The average molecular weight is 1210 g/mol. The molecule has 1 heterocycles. The van der Waals surface area contributed by atoms with Crippen molar-refractivity contribution in [1.29, 1.82) is 0 Å². The normalized spacial score (nSPS) is 13.3. The van der Waals surface area contributed by atoms with Crippen molar-refractivity contribution < 1.29 is 112 Å². The summed E-state index contributed by atoms with van der Waals surface area (Å²) < 4.78 is 74.2. The second-order valence-corrected chi connectivity index (χ2v) is 25.2. The molecular formula is C64H71B2KN4O12S2. The Bertz CT molecular complexity index is 3980. The van der Waals surface area contributed by atoms with Gasteiger partial charge in [-0.15, -0.1) is 0 Å². The first-order chi connectivity index (χ1) is 39.8. The van der Waals surface area contributed by atoms with E-state index in [1.165, 1.54) is 12.1 Å². The zero-order valence-electron chi connectivity index (χ0n) is 48.9. The van der Waals surface area contributed by atoms with Crippen LogP contribution in [0.1, 0.15) is 93.2 Å². The topological polar surface area (TPSA) is 251 Å². The Morgan fingerprint density at radius 3 is 1.76 bits per heavy atom. The Hall–Kier alpha value is -5.30. The zero-order valence-corrected chi connectivity index (χ0v) is 53.6. The molecule has 85 heavy (non-hydrogen) atoms. The van der Waals surface area contributed by atoms with Crippen LogP contribution in [0, 0.1) is 0 Å². The minimum Gasteiger partial charge on any atom is -0.748 e. The summed E-state index contributed by atoms with van der Waals surface area (Å²) in [5.41, 5.74) is 7.42. The largest absolute Gasteiger partial charge is 1.00 e. The van der Waals surface area contributed by atoms with Crippen molar-refractivity contribution in [3.8, 4) is 0 Å². The maximum absolute atomic E-state index is 12.7. The number of Topliss-reactive ketones (excluding diaryl/α,β-unsaturated/α-hetero) is 1. The molecule has 0 saturated heterocycles. The number of allylic oxidation sites excluding steroid dienone is 2. The number of carbonyl (C=O) groups is 2. The zero-order chi connectivity index (χ0) is 60.7. The van der Waals surface area contributed by atoms with E-state index in [-0.39, 0.29) is 80.9 Å². The van der Waals surface area contributed by atoms with Gasteiger partial charge in [-0.25, -0.2) is 16.8 Å². The standard InChI is InChI=1S/C64H72B2N4O12S2.K/c1-43(2)60(71)23-13-14-33-68(39-47-17-7-11-21-57(47)65(73)74)42-56-52-20-10-9-19-51(52)55(41-69(34-15-32-67-63(72)44(3)4)40-48-18-8-12-22-58(48)66(75)76)53-28-24-45(37-54(53)56)25-31-61-64(5,6)62-50-29-27-49(84(80,81)82)38-46(50)26-30-59(62)70(61)35-16-36-83(77,78)79;/h7-12,17-22,24-31,37-38,73-76H,1,3,13-16,23,32-36,39-42H2,2,4-6H3,(H2-,67,72,77,78,79,80,81,82);/q;+1/p-1/b31-25+;. The molecule has 1 amide bonds. The van der Waals surface area contributed by atoms with Crippen molar-refractivity contribution >= 4 is 107 Å². The molecule has 0 aliphatic carbocycles. The number of fused-ring (bicyclic) bond motifs is 5. The Kier molecular flexibility index (Phi) is 23.0. The third-order valence-corrected chi connectivity index (χ3v) is 17.4. The summed E-state index contributed by atoms with van der Waals surface area (Å²) in [6.45, 7) is 18.0. The van der Waals surface area contributed by atoms with Gasteiger partial charge >= 0.3 is 65.6 Å². The van der Waals surface area contributed by atoms with Crippen LogP contribution in [0.5, 0.6) is 0 Å². The SMILES string of the molecule is C=C(C)C(=O)CCCCN(Cc1ccccc1B(O)O)Cc1c2ccccc2c(CN(CCCNC(=O)C(=C)C)Cc2ccccc2B(O)O)c2ccc(/C=C/C3=[N+](CCCS(=O)(=O)[O-])c4ccc5cc(S(=O)(=O)[O-])ccc5c4C3(C)C)cc12.[K+]. The number of unbranched alkanes of at least 4 members (excludes halogenated alkanes) is 1. The van der Waals surface area contributed by atoms with Crippen LogP contribution in [0.4, 0.5) is 5.69 Å². The molecule has 0 bridgehead atoms. The summed E-state index contributed by atoms with van der Waals surface area (Å²) >= 11 is 0. The molecule has 0 unspecified atom stereocenters. The van der Waals surface area contributed by atoms with Gasteiger partial charge in [0.15, 0.2) is 11.5 Å². The molecule has 1 aliphatic rings. The first-order valence-electron chi connectivity index (χ1n) is 28.0. The van der Waals surface area contributed by atoms with Crippen molar-refractivity contribution in [1.82, 2.24) is 15.1 Å². The maximum Gasteiger partial charge on any atom is 1.00 e. The second kappa shape index (κ2) is 29.1. The number of hydrogen-bond donors (Lipinski definition) is 5. The minimum absolute atomic E-state index is 0. The number of benzene rings is 7. The van der Waals surface area contributed by atoms with E-state index in [1.54, 1.807) is 50.2 Å². The number of rotatable bonds is 28. The maximum atomic E-state index is 12.7. The van der Waals surface area contributed by atoms with Crippen LogP contribution in [-0.4, -0.2) is 124 Å². The molecule has 1 aliphatic heterocycles. The summed E-state index contributed by atoms with van der Waals surface area (Å²) in [4.78, 5) is 29.4. The average Bonchev–Trinajstić information content (AvgIpc) is 1.81. The van der Waals surface area contributed by atoms with Crippen LogP contribution in [0.15, 0.2) is 157 Å². The van der Waals surface area contributed by atoms with E-state index >= 15 is 0 Å². The smallest absolute Gasteiger partial charge is 0.748 e. The van der Waals surface area contributed by atoms with E-state index in [1.807, 2.05) is 79.1 Å². The molecule has 0 saturated carbocycles. The molecule has 7 aromatic carbocycles. The van der Waals surface area contributed by atoms with Crippen LogP contribution in [0.3, 0.4) is 0 Å². The number of ketones is 1. The monoisotopic (exact) mass is 1210 g/mol. The third-order valence-electron chi connectivity index (χ3n) is 15.7. The fraction of sp³-hybridized carbons (Fsp3) is 0.297. The van der Waals surface area contributed by atoms with E-state index in [4.69, 9.17) is 0 Å². The van der Waals surface area contributed by atoms with Gasteiger partial charge in [-0.1, -0.05) is 104 Å². The van der Waals surface area contributed by atoms with Gasteiger partial charge in [0, 0.05) is 81.1 Å². The Morgan fingerprint density at radius 2 is 1.20 bits per heavy atom. The molecule has 0 radical (unpaired) electrons. The van der Waals surface area contributed by atoms with E-state index in [0.717, 1.165) is 66.3 Å². The Labute approximate surface area is 541 Å². The van der Waals surface area contributed by atoms with Crippen molar-refractivity contribution in [2.45, 2.75) is 96.3 Å². The van der Waals surface area contributed by atoms with Gasteiger partial charge in [-0.05, 0) is 160 Å². The number of nitrogens with zero attached hydrogens (tertiary/aromatic N) is 3. The predicted octanol–water partition coefficient (Wildman–Crippen LogP) is 3.84. The molecule has 8 rings (SSSR count). The van der Waals surface area contributed by atoms with Crippen molar-refractivity contribution in [2.75, 3.05) is 31.9 Å². The van der Waals surface area contributed by atoms with Gasteiger partial charge in [0.05, 0.1) is 20.4 Å². The van der Waals surface area contributed by atoms with Gasteiger partial charge in [-0.2, -0.15) is 4.58 Å². The van der Waals surface area contributed by atoms with Gasteiger partial charge in [0.1, 0.15) is 16.7 Å². The first-order valence-corrected chi connectivity index (χ1v) is 31.0. The van der Waals surface area contributed by atoms with Crippen LogP contribution in [0.2, 0.25) is 0 Å². The molecule has 21 heteroatoms. The van der Waals surface area contributed by atoms with Crippen molar-refractivity contribution in [3.05, 3.63) is 185 Å². The van der Waals surface area contributed by atoms with Gasteiger partial charge in [0.25, 0.3) is 0 Å². The summed E-state index contributed by atoms with van der Waals surface area (Å²) in [5.74, 6) is -0.845. The number of nitrogens with one attached hydrogen (secondary N) is 1. The van der Waals surface area contributed by atoms with E-state index in [2.05, 4.69) is 52.5 Å². The van der Waals surface area contributed by atoms with Crippen molar-refractivity contribution in [3.63, 3.8) is 0 Å². The molecular weight excluding hydrogens is 1140 g/mol. The second-order valence-electron chi connectivity index (χ2n) is 22.3. The van der Waals surface area contributed by atoms with Gasteiger partial charge in [0.2, 0.25) is 11.6 Å². The molecule has 0 aromatic heterocycles. The molecule has 5 N–H and O–H groups in total. The molecule has 7 aromatic rings. The summed E-state index contributed by atoms with van der Waals surface area (Å²) in [6, 6.07) is 36.6. The molecule has 16 nitrogen and oxygen atoms in total. The van der Waals surface area contributed by atoms with Crippen LogP contribution in [-0.2, 0) is 61.4 Å². The summed E-state index contributed by atoms with van der Waals surface area (Å²) in [7, 11) is -12.7. The van der Waals surface area contributed by atoms with Crippen LogP contribution >= 0.6 is 0 Å². The summed E-state index contributed by atoms with van der Waals surface area (Å²) in [6.07, 6.45) is 6.14. The Balaban J connectivity index is 0.0000104. The summed E-state index contributed by atoms with van der Waals surface area (Å²) in [5, 5.41) is 50.1. The predicted molar refractivity (Wildman–Crippen MR) is 331 cm³/mol. The van der Waals surface area contributed by atoms with Crippen LogP contribution < -0.4 is 67.6 Å². The minimum atomic E-state index is -4.76. The van der Waals surface area contributed by atoms with Crippen LogP contribution in [0.25, 0.3) is 38.4 Å². The van der Waals surface area contributed by atoms with E-state index in [0.29, 0.717) is 104 Å². The van der Waals surface area contributed by atoms with E-state index in [9.17, 15) is 55.6 Å². The number of amides is 1. The third kappa shape index (κ3) is 16.7. The fourth-order valence-electron chi connectivity index (χ4n) is 11.6. The fourth-order valence-corrected chi connectivity index (χ4v) is 12.6. The van der Waals surface area contributed by atoms with Gasteiger partial charge in [-0.3, -0.25) is 19.4 Å². The van der Waals surface area contributed by atoms with Gasteiger partial charge < -0.3 is 34.5 Å². The quantitative estimate of drug-likeness (QED) is 0.0117. The van der Waals surface area contributed by atoms with Crippen molar-refractivity contribution in [2.24, 2.45) is 0 Å². The molecule has 0 spiro atoms. The molecule has 438 valence electrons. The first kappa shape index (κ1) is 67.2.